The minimum Gasteiger partial charge on any atom is -0.497 e. The summed E-state index contributed by atoms with van der Waals surface area (Å²) in [5.74, 6) is 0.0702. The van der Waals surface area contributed by atoms with Crippen LogP contribution in [0, 0.1) is 0 Å². The SMILES string of the molecule is COc1ccc(OC)c(S(=O)(=O)NC(=O)COc2ccc3ccccc3c2)c1. The van der Waals surface area contributed by atoms with Gasteiger partial charge in [-0.3, -0.25) is 4.79 Å². The third kappa shape index (κ3) is 4.34. The maximum absolute atomic E-state index is 12.6. The van der Waals surface area contributed by atoms with Gasteiger partial charge in [-0.1, -0.05) is 30.3 Å². The minimum absolute atomic E-state index is 0.0940. The zero-order chi connectivity index (χ0) is 20.1. The van der Waals surface area contributed by atoms with Gasteiger partial charge in [-0.2, -0.15) is 0 Å². The lowest BCUT2D eigenvalue weighted by Crippen LogP contribution is -2.34. The van der Waals surface area contributed by atoms with Crippen LogP contribution in [0.2, 0.25) is 0 Å². The molecule has 146 valence electrons. The first-order valence-corrected chi connectivity index (χ1v) is 9.80. The molecule has 0 spiro atoms. The maximum atomic E-state index is 12.6. The molecule has 0 saturated carbocycles. The second kappa shape index (κ2) is 8.18. The zero-order valence-corrected chi connectivity index (χ0v) is 16.2. The van der Waals surface area contributed by atoms with E-state index in [0.717, 1.165) is 10.8 Å². The molecule has 0 fully saturated rings. The van der Waals surface area contributed by atoms with Crippen molar-refractivity contribution in [1.29, 1.82) is 0 Å². The van der Waals surface area contributed by atoms with E-state index >= 15 is 0 Å². The van der Waals surface area contributed by atoms with E-state index in [1.165, 1.54) is 26.4 Å². The van der Waals surface area contributed by atoms with Crippen LogP contribution in [0.3, 0.4) is 0 Å². The summed E-state index contributed by atoms with van der Waals surface area (Å²) in [5, 5.41) is 1.99. The summed E-state index contributed by atoms with van der Waals surface area (Å²) < 4.78 is 42.6. The third-order valence-electron chi connectivity index (χ3n) is 4.00. The van der Waals surface area contributed by atoms with Gasteiger partial charge in [0.1, 0.15) is 22.1 Å². The Hall–Kier alpha value is -3.26. The van der Waals surface area contributed by atoms with Crippen molar-refractivity contribution in [3.63, 3.8) is 0 Å². The highest BCUT2D eigenvalue weighted by Gasteiger charge is 2.23. The van der Waals surface area contributed by atoms with Crippen LogP contribution >= 0.6 is 0 Å². The number of nitrogens with one attached hydrogen (secondary N) is 1. The van der Waals surface area contributed by atoms with E-state index < -0.39 is 22.5 Å². The Morgan fingerprint density at radius 3 is 2.32 bits per heavy atom. The van der Waals surface area contributed by atoms with Crippen molar-refractivity contribution < 1.29 is 27.4 Å². The molecular formula is C20H19NO6S. The van der Waals surface area contributed by atoms with E-state index in [-0.39, 0.29) is 10.6 Å². The molecule has 1 amide bonds. The van der Waals surface area contributed by atoms with Crippen LogP contribution < -0.4 is 18.9 Å². The van der Waals surface area contributed by atoms with Crippen LogP contribution in [0.4, 0.5) is 0 Å². The number of carbonyl (C=O) groups excluding carboxylic acids is 1. The lowest BCUT2D eigenvalue weighted by atomic mass is 10.1. The molecule has 3 rings (SSSR count). The van der Waals surface area contributed by atoms with Crippen molar-refractivity contribution in [2.24, 2.45) is 0 Å². The van der Waals surface area contributed by atoms with Gasteiger partial charge in [0.2, 0.25) is 0 Å². The monoisotopic (exact) mass is 401 g/mol. The second-order valence-corrected chi connectivity index (χ2v) is 7.49. The number of hydrogen-bond donors (Lipinski definition) is 1. The van der Waals surface area contributed by atoms with Crippen LogP contribution in [0.25, 0.3) is 10.8 Å². The summed E-state index contributed by atoms with van der Waals surface area (Å²) in [5.41, 5.74) is 0. The molecular weight excluding hydrogens is 382 g/mol. The van der Waals surface area contributed by atoms with Gasteiger partial charge in [-0.25, -0.2) is 13.1 Å². The van der Waals surface area contributed by atoms with Gasteiger partial charge < -0.3 is 14.2 Å². The minimum atomic E-state index is -4.16. The Morgan fingerprint density at radius 2 is 1.61 bits per heavy atom. The van der Waals surface area contributed by atoms with Crippen molar-refractivity contribution in [1.82, 2.24) is 4.72 Å². The average molecular weight is 401 g/mol. The molecule has 0 bridgehead atoms. The van der Waals surface area contributed by atoms with Gasteiger partial charge in [0.15, 0.2) is 6.61 Å². The number of ether oxygens (including phenoxy) is 3. The second-order valence-electron chi connectivity index (χ2n) is 5.84. The van der Waals surface area contributed by atoms with Gasteiger partial charge >= 0.3 is 0 Å². The van der Waals surface area contributed by atoms with E-state index in [1.54, 1.807) is 18.2 Å². The number of sulfonamides is 1. The van der Waals surface area contributed by atoms with Crippen LogP contribution in [-0.2, 0) is 14.8 Å². The number of methoxy groups -OCH3 is 2. The molecule has 0 atom stereocenters. The molecule has 3 aromatic carbocycles. The van der Waals surface area contributed by atoms with Crippen molar-refractivity contribution in [2.45, 2.75) is 4.90 Å². The van der Waals surface area contributed by atoms with Crippen molar-refractivity contribution in [3.8, 4) is 17.2 Å². The number of rotatable bonds is 7. The Labute approximate surface area is 162 Å². The Kier molecular flexibility index (Phi) is 5.70. The van der Waals surface area contributed by atoms with E-state index in [0.29, 0.717) is 11.5 Å². The Bertz CT molecular complexity index is 1110. The fourth-order valence-electron chi connectivity index (χ4n) is 2.63. The molecule has 1 N–H and O–H groups in total. The Morgan fingerprint density at radius 1 is 0.893 bits per heavy atom. The number of benzene rings is 3. The third-order valence-corrected chi connectivity index (χ3v) is 5.39. The standard InChI is InChI=1S/C20H19NO6S/c1-25-16-9-10-18(26-2)19(12-16)28(23,24)21-20(22)13-27-17-8-7-14-5-3-4-6-15(14)11-17/h3-12H,13H2,1-2H3,(H,21,22). The summed E-state index contributed by atoms with van der Waals surface area (Å²) in [7, 11) is -1.41. The number of hydrogen-bond acceptors (Lipinski definition) is 6. The molecule has 0 radical (unpaired) electrons. The van der Waals surface area contributed by atoms with Crippen LogP contribution in [-0.4, -0.2) is 35.2 Å². The van der Waals surface area contributed by atoms with Gasteiger partial charge in [-0.05, 0) is 35.0 Å². The number of fused-ring (bicyclic) bond motifs is 1. The summed E-state index contributed by atoms with van der Waals surface area (Å²) in [6, 6.07) is 17.3. The maximum Gasteiger partial charge on any atom is 0.271 e. The summed E-state index contributed by atoms with van der Waals surface area (Å²) >= 11 is 0. The normalized spacial score (nSPS) is 11.1. The fraction of sp³-hybridized carbons (Fsp3) is 0.150. The van der Waals surface area contributed by atoms with Crippen LogP contribution in [0.15, 0.2) is 65.6 Å². The zero-order valence-electron chi connectivity index (χ0n) is 15.3. The number of amides is 1. The first-order chi connectivity index (χ1) is 13.4. The predicted molar refractivity (Wildman–Crippen MR) is 104 cm³/mol. The molecule has 0 unspecified atom stereocenters. The molecule has 0 aliphatic rings. The average Bonchev–Trinajstić information content (AvgIpc) is 2.71. The van der Waals surface area contributed by atoms with Gasteiger partial charge in [-0.15, -0.1) is 0 Å². The first kappa shape index (κ1) is 19.5. The topological polar surface area (TPSA) is 90.9 Å². The summed E-state index contributed by atoms with van der Waals surface area (Å²) in [6.07, 6.45) is 0. The molecule has 0 aliphatic carbocycles. The first-order valence-electron chi connectivity index (χ1n) is 8.32. The van der Waals surface area contributed by atoms with E-state index in [9.17, 15) is 13.2 Å². The van der Waals surface area contributed by atoms with E-state index in [2.05, 4.69) is 0 Å². The molecule has 0 heterocycles. The lowest BCUT2D eigenvalue weighted by Gasteiger charge is -2.12. The highest BCUT2D eigenvalue weighted by atomic mass is 32.2. The molecule has 28 heavy (non-hydrogen) atoms. The molecule has 0 saturated heterocycles. The molecule has 7 nitrogen and oxygen atoms in total. The van der Waals surface area contributed by atoms with Crippen LogP contribution in [0.1, 0.15) is 0 Å². The molecule has 0 aromatic heterocycles. The number of carbonyl (C=O) groups is 1. The molecule has 3 aromatic rings. The predicted octanol–water partition coefficient (Wildman–Crippen LogP) is 2.74. The fourth-order valence-corrected chi connectivity index (χ4v) is 3.79. The van der Waals surface area contributed by atoms with Gasteiger partial charge in [0.25, 0.3) is 15.9 Å². The lowest BCUT2D eigenvalue weighted by molar-refractivity contribution is -0.121. The van der Waals surface area contributed by atoms with Crippen molar-refractivity contribution in [2.75, 3.05) is 20.8 Å². The van der Waals surface area contributed by atoms with Crippen molar-refractivity contribution >= 4 is 26.7 Å². The smallest absolute Gasteiger partial charge is 0.271 e. The van der Waals surface area contributed by atoms with Crippen LogP contribution in [0.5, 0.6) is 17.2 Å². The molecule has 0 aliphatic heterocycles. The van der Waals surface area contributed by atoms with E-state index in [4.69, 9.17) is 14.2 Å². The highest BCUT2D eigenvalue weighted by Crippen LogP contribution is 2.28. The highest BCUT2D eigenvalue weighted by molar-refractivity contribution is 7.90. The largest absolute Gasteiger partial charge is 0.497 e. The van der Waals surface area contributed by atoms with Gasteiger partial charge in [0.05, 0.1) is 14.2 Å². The summed E-state index contributed by atoms with van der Waals surface area (Å²) in [6.45, 7) is -0.455. The summed E-state index contributed by atoms with van der Waals surface area (Å²) in [4.78, 5) is 11.9. The van der Waals surface area contributed by atoms with E-state index in [1.807, 2.05) is 35.1 Å². The van der Waals surface area contributed by atoms with Crippen molar-refractivity contribution in [3.05, 3.63) is 60.7 Å². The Balaban J connectivity index is 1.71. The molecule has 8 heteroatoms. The quantitative estimate of drug-likeness (QED) is 0.655. The van der Waals surface area contributed by atoms with Gasteiger partial charge in [0, 0.05) is 6.07 Å².